The zero-order valence-corrected chi connectivity index (χ0v) is 21.4. The Morgan fingerprint density at radius 1 is 0.974 bits per heavy atom. The monoisotopic (exact) mass is 508 g/mol. The largest absolute Gasteiger partial charge is 0.507 e. The third kappa shape index (κ3) is 4.66. The Morgan fingerprint density at radius 3 is 2.34 bits per heavy atom. The highest BCUT2D eigenvalue weighted by Crippen LogP contribution is 2.42. The first-order chi connectivity index (χ1) is 18.3. The maximum absolute atomic E-state index is 13.3. The minimum absolute atomic E-state index is 0.0287. The molecule has 1 aliphatic rings. The second-order valence-electron chi connectivity index (χ2n) is 9.35. The predicted molar refractivity (Wildman–Crippen MR) is 146 cm³/mol. The van der Waals surface area contributed by atoms with E-state index in [1.807, 2.05) is 68.4 Å². The molecule has 1 aromatic heterocycles. The lowest BCUT2D eigenvalue weighted by Gasteiger charge is -2.24. The Labute approximate surface area is 221 Å². The van der Waals surface area contributed by atoms with Crippen LogP contribution in [0.4, 0.5) is 11.4 Å². The van der Waals surface area contributed by atoms with Crippen LogP contribution in [0.1, 0.15) is 28.5 Å². The lowest BCUT2D eigenvalue weighted by atomic mass is 9.98. The molecule has 2 heterocycles. The Kier molecular flexibility index (Phi) is 6.75. The van der Waals surface area contributed by atoms with Crippen molar-refractivity contribution in [3.8, 4) is 5.75 Å². The first kappa shape index (κ1) is 24.9. The molecule has 0 bridgehead atoms. The highest BCUT2D eigenvalue weighted by molar-refractivity contribution is 6.51. The van der Waals surface area contributed by atoms with Gasteiger partial charge in [0.15, 0.2) is 0 Å². The zero-order valence-electron chi connectivity index (χ0n) is 21.4. The molecule has 0 radical (unpaired) electrons. The van der Waals surface area contributed by atoms with Gasteiger partial charge in [-0.25, -0.2) is 0 Å². The fourth-order valence-electron chi connectivity index (χ4n) is 4.58. The van der Waals surface area contributed by atoms with Gasteiger partial charge in [-0.05, 0) is 72.6 Å². The van der Waals surface area contributed by atoms with Crippen LogP contribution in [0.15, 0.2) is 101 Å². The number of hydrogen-bond donors (Lipinski definition) is 1. The normalized spacial score (nSPS) is 16.6. The van der Waals surface area contributed by atoms with Crippen LogP contribution < -0.4 is 14.5 Å². The summed E-state index contributed by atoms with van der Waals surface area (Å²) in [4.78, 5) is 29.9. The predicted octanol–water partition coefficient (Wildman–Crippen LogP) is 5.86. The maximum Gasteiger partial charge on any atom is 0.300 e. The van der Waals surface area contributed by atoms with Gasteiger partial charge in [0.1, 0.15) is 29.9 Å². The van der Waals surface area contributed by atoms with Gasteiger partial charge in [-0.1, -0.05) is 30.3 Å². The number of ether oxygens (including phenoxy) is 1. The van der Waals surface area contributed by atoms with E-state index in [4.69, 9.17) is 9.15 Å². The van der Waals surface area contributed by atoms with E-state index in [1.165, 1.54) is 11.2 Å². The van der Waals surface area contributed by atoms with Crippen LogP contribution in [0.5, 0.6) is 5.75 Å². The van der Waals surface area contributed by atoms with Crippen molar-refractivity contribution in [1.82, 2.24) is 0 Å². The summed E-state index contributed by atoms with van der Waals surface area (Å²) >= 11 is 0. The minimum atomic E-state index is -0.912. The third-order valence-electron chi connectivity index (χ3n) is 6.59. The van der Waals surface area contributed by atoms with Gasteiger partial charge in [0.2, 0.25) is 0 Å². The lowest BCUT2D eigenvalue weighted by Crippen LogP contribution is -2.29. The van der Waals surface area contributed by atoms with Crippen LogP contribution in [0, 0.1) is 6.92 Å². The molecule has 7 heteroatoms. The molecule has 1 atom stereocenters. The van der Waals surface area contributed by atoms with Crippen LogP contribution in [-0.4, -0.2) is 30.9 Å². The second kappa shape index (κ2) is 10.3. The molecule has 1 fully saturated rings. The average molecular weight is 509 g/mol. The number of amides is 1. The van der Waals surface area contributed by atoms with Crippen LogP contribution in [0.3, 0.4) is 0 Å². The Morgan fingerprint density at radius 2 is 1.71 bits per heavy atom. The average Bonchev–Trinajstić information content (AvgIpc) is 3.55. The SMILES string of the molecule is Cc1cc(/C(O)=C2/C(=O)C(=O)N(c3ccc(N(C)C)cc3)C2c2ccco2)ccc1OCc1ccccc1. The van der Waals surface area contributed by atoms with E-state index in [9.17, 15) is 14.7 Å². The van der Waals surface area contributed by atoms with E-state index < -0.39 is 17.7 Å². The fourth-order valence-corrected chi connectivity index (χ4v) is 4.58. The topological polar surface area (TPSA) is 83.2 Å². The number of rotatable bonds is 7. The van der Waals surface area contributed by atoms with Crippen LogP contribution in [0.25, 0.3) is 5.76 Å². The number of aliphatic hydroxyl groups excluding tert-OH is 1. The van der Waals surface area contributed by atoms with Gasteiger partial charge in [-0.15, -0.1) is 0 Å². The smallest absolute Gasteiger partial charge is 0.300 e. The Bertz CT molecular complexity index is 1490. The van der Waals surface area contributed by atoms with Gasteiger partial charge in [0, 0.05) is 31.0 Å². The summed E-state index contributed by atoms with van der Waals surface area (Å²) in [6.45, 7) is 2.27. The highest BCUT2D eigenvalue weighted by atomic mass is 16.5. The second-order valence-corrected chi connectivity index (χ2v) is 9.35. The molecule has 192 valence electrons. The molecule has 4 aromatic rings. The summed E-state index contributed by atoms with van der Waals surface area (Å²) < 4.78 is 11.6. The summed E-state index contributed by atoms with van der Waals surface area (Å²) in [6.07, 6.45) is 1.48. The minimum Gasteiger partial charge on any atom is -0.507 e. The molecule has 0 aliphatic carbocycles. The van der Waals surface area contributed by atoms with Crippen LogP contribution in [-0.2, 0) is 16.2 Å². The number of Topliss-reactive ketones (excluding diaryl/α,β-unsaturated/α-hetero) is 1. The van der Waals surface area contributed by atoms with Crippen molar-refractivity contribution in [2.45, 2.75) is 19.6 Å². The van der Waals surface area contributed by atoms with Gasteiger partial charge in [0.25, 0.3) is 11.7 Å². The highest BCUT2D eigenvalue weighted by Gasteiger charge is 2.48. The molecule has 0 saturated carbocycles. The molecule has 7 nitrogen and oxygen atoms in total. The quantitative estimate of drug-likeness (QED) is 0.191. The van der Waals surface area contributed by atoms with Gasteiger partial charge < -0.3 is 19.2 Å². The number of carbonyl (C=O) groups excluding carboxylic acids is 2. The van der Waals surface area contributed by atoms with Crippen molar-refractivity contribution >= 4 is 28.8 Å². The van der Waals surface area contributed by atoms with E-state index in [1.54, 1.807) is 42.5 Å². The molecular formula is C31H28N2O5. The van der Waals surface area contributed by atoms with Crippen molar-refractivity contribution < 1.29 is 23.8 Å². The van der Waals surface area contributed by atoms with E-state index in [-0.39, 0.29) is 11.3 Å². The number of aryl methyl sites for hydroxylation is 1. The number of furan rings is 1. The van der Waals surface area contributed by atoms with Crippen LogP contribution in [0.2, 0.25) is 0 Å². The summed E-state index contributed by atoms with van der Waals surface area (Å²) in [6, 6.07) is 24.8. The lowest BCUT2D eigenvalue weighted by molar-refractivity contribution is -0.132. The van der Waals surface area contributed by atoms with Crippen molar-refractivity contribution in [2.75, 3.05) is 23.9 Å². The number of hydrogen-bond acceptors (Lipinski definition) is 6. The van der Waals surface area contributed by atoms with Gasteiger partial charge >= 0.3 is 0 Å². The van der Waals surface area contributed by atoms with E-state index in [2.05, 4.69) is 0 Å². The molecule has 1 aliphatic heterocycles. The summed E-state index contributed by atoms with van der Waals surface area (Å²) in [5.41, 5.74) is 3.68. The summed E-state index contributed by atoms with van der Waals surface area (Å²) in [7, 11) is 3.84. The molecule has 1 amide bonds. The molecule has 38 heavy (non-hydrogen) atoms. The summed E-state index contributed by atoms with van der Waals surface area (Å²) in [5.74, 6) is -0.737. The molecule has 1 unspecified atom stereocenters. The molecule has 3 aromatic carbocycles. The number of aliphatic hydroxyl groups is 1. The number of benzene rings is 3. The molecule has 0 spiro atoms. The molecule has 1 saturated heterocycles. The third-order valence-corrected chi connectivity index (χ3v) is 6.59. The Balaban J connectivity index is 1.51. The zero-order chi connectivity index (χ0) is 26.8. The van der Waals surface area contributed by atoms with Crippen molar-refractivity contribution in [1.29, 1.82) is 0 Å². The van der Waals surface area contributed by atoms with Gasteiger partial charge in [0.05, 0.1) is 11.8 Å². The maximum atomic E-state index is 13.3. The van der Waals surface area contributed by atoms with Crippen LogP contribution >= 0.6 is 0 Å². The number of anilines is 2. The Hall–Kier alpha value is -4.78. The van der Waals surface area contributed by atoms with E-state index >= 15 is 0 Å². The summed E-state index contributed by atoms with van der Waals surface area (Å²) in [5, 5.41) is 11.4. The van der Waals surface area contributed by atoms with Crippen molar-refractivity contribution in [3.05, 3.63) is 119 Å². The van der Waals surface area contributed by atoms with E-state index in [0.29, 0.717) is 29.4 Å². The number of ketones is 1. The van der Waals surface area contributed by atoms with Gasteiger partial charge in [-0.3, -0.25) is 14.5 Å². The van der Waals surface area contributed by atoms with E-state index in [0.717, 1.165) is 16.8 Å². The number of carbonyl (C=O) groups is 2. The fraction of sp³-hybridized carbons (Fsp3) is 0.161. The molecular weight excluding hydrogens is 480 g/mol. The van der Waals surface area contributed by atoms with Crippen molar-refractivity contribution in [2.24, 2.45) is 0 Å². The standard InChI is InChI=1S/C31H28N2O5/c1-20-18-22(11-16-25(20)38-19-21-8-5-4-6-9-21)29(34)27-28(26-10-7-17-37-26)33(31(36)30(27)35)24-14-12-23(13-15-24)32(2)3/h4-18,28,34H,19H2,1-3H3/b29-27-. The molecule has 5 rings (SSSR count). The first-order valence-corrected chi connectivity index (χ1v) is 12.2. The first-order valence-electron chi connectivity index (χ1n) is 12.2. The number of nitrogens with zero attached hydrogens (tertiary/aromatic N) is 2. The molecule has 1 N–H and O–H groups in total. The van der Waals surface area contributed by atoms with Crippen molar-refractivity contribution in [3.63, 3.8) is 0 Å². The van der Waals surface area contributed by atoms with Gasteiger partial charge in [-0.2, -0.15) is 0 Å².